The summed E-state index contributed by atoms with van der Waals surface area (Å²) in [5.74, 6) is -1.51. The minimum Gasteiger partial charge on any atom is -0.408 e. The predicted octanol–water partition coefficient (Wildman–Crippen LogP) is 0.225. The molecule has 3 heterocycles. The lowest BCUT2D eigenvalue weighted by atomic mass is 9.73. The van der Waals surface area contributed by atoms with E-state index in [0.717, 1.165) is 0 Å². The number of carbonyl (C=O) groups excluding carboxylic acids is 1. The maximum Gasteiger partial charge on any atom is 0.420 e. The zero-order chi connectivity index (χ0) is 25.6. The summed E-state index contributed by atoms with van der Waals surface area (Å²) in [5, 5.41) is 25.4. The number of aliphatic hydroxyl groups is 1. The summed E-state index contributed by atoms with van der Waals surface area (Å²) in [7, 11) is 10.9. The van der Waals surface area contributed by atoms with E-state index < -0.39 is 29.2 Å². The quantitative estimate of drug-likeness (QED) is 0.426. The molecule has 3 N–H and O–H groups in total. The van der Waals surface area contributed by atoms with Crippen LogP contribution in [0.1, 0.15) is 12.0 Å². The van der Waals surface area contributed by atoms with Gasteiger partial charge in [-0.15, -0.1) is 0 Å². The van der Waals surface area contributed by atoms with E-state index >= 15 is 4.39 Å². The Morgan fingerprint density at radius 3 is 2.75 bits per heavy atom. The second-order valence-corrected chi connectivity index (χ2v) is 9.23. The molecule has 36 heavy (non-hydrogen) atoms. The number of carbonyl (C=O) groups is 1. The molecule has 5 rings (SSSR count). The number of nitrogens with zero attached hydrogens (tertiary/aromatic N) is 2. The zero-order valence-electron chi connectivity index (χ0n) is 19.1. The van der Waals surface area contributed by atoms with Crippen LogP contribution in [0.4, 0.5) is 4.39 Å². The van der Waals surface area contributed by atoms with Gasteiger partial charge in [-0.25, -0.2) is 9.18 Å². The van der Waals surface area contributed by atoms with Gasteiger partial charge in [-0.2, -0.15) is 5.26 Å². The fourth-order valence-corrected chi connectivity index (χ4v) is 4.88. The maximum absolute atomic E-state index is 15.0. The molecule has 180 valence electrons. The van der Waals surface area contributed by atoms with Crippen molar-refractivity contribution in [2.75, 3.05) is 13.2 Å². The molecule has 0 spiro atoms. The van der Waals surface area contributed by atoms with Gasteiger partial charge in [-0.3, -0.25) is 9.36 Å². The highest BCUT2D eigenvalue weighted by atomic mass is 19.1. The average molecular weight is 486 g/mol. The molecule has 2 fully saturated rings. The molecule has 4 unspecified atom stereocenters. The fraction of sp³-hybridized carbons (Fsp3) is 0.375. The zero-order valence-corrected chi connectivity index (χ0v) is 19.1. The van der Waals surface area contributed by atoms with E-state index in [0.29, 0.717) is 35.3 Å². The van der Waals surface area contributed by atoms with Gasteiger partial charge in [0.25, 0.3) is 0 Å². The Bertz CT molecular complexity index is 1410. The van der Waals surface area contributed by atoms with Crippen LogP contribution < -0.4 is 16.4 Å². The first kappa shape index (κ1) is 24.3. The van der Waals surface area contributed by atoms with Gasteiger partial charge in [0.2, 0.25) is 5.91 Å². The Kier molecular flexibility index (Phi) is 6.24. The van der Waals surface area contributed by atoms with Gasteiger partial charge < -0.3 is 24.9 Å². The van der Waals surface area contributed by atoms with Crippen molar-refractivity contribution in [3.63, 3.8) is 0 Å². The third-order valence-electron chi connectivity index (χ3n) is 6.69. The number of aromatic nitrogens is 1. The number of fused-ring (bicyclic) bond motifs is 2. The van der Waals surface area contributed by atoms with E-state index in [1.165, 1.54) is 24.3 Å². The minimum atomic E-state index is -2.48. The van der Waals surface area contributed by atoms with Crippen molar-refractivity contribution in [2.24, 2.45) is 5.92 Å². The van der Waals surface area contributed by atoms with Gasteiger partial charge in [0.1, 0.15) is 27.6 Å². The normalized spacial score (nSPS) is 22.3. The molecule has 2 saturated heterocycles. The standard InChI is InChI=1S/C24H21B2FN4O5/c25-24(26,34)31-20-8-13(3-4-21(20)36-23(31)33)12-1-2-14(17(27)6-12)5-16(9-28)29-22(32)18-7-15-10-35-11-19(15)30-18/h1-4,6,8,15-16,18-19,30,34H,5,7,10-11H2,(H,29,32). The van der Waals surface area contributed by atoms with Crippen molar-refractivity contribution in [3.8, 4) is 17.2 Å². The van der Waals surface area contributed by atoms with Crippen LogP contribution in [0.25, 0.3) is 22.2 Å². The van der Waals surface area contributed by atoms with Crippen LogP contribution in [-0.4, -0.2) is 62.6 Å². The van der Waals surface area contributed by atoms with E-state index in [4.69, 9.17) is 24.8 Å². The summed E-state index contributed by atoms with van der Waals surface area (Å²) < 4.78 is 26.1. The van der Waals surface area contributed by atoms with Gasteiger partial charge in [0.05, 0.1) is 36.4 Å². The number of rotatable bonds is 6. The first-order valence-corrected chi connectivity index (χ1v) is 11.4. The van der Waals surface area contributed by atoms with Crippen molar-refractivity contribution in [3.05, 3.63) is 58.3 Å². The van der Waals surface area contributed by atoms with Crippen molar-refractivity contribution in [1.29, 1.82) is 5.26 Å². The third-order valence-corrected chi connectivity index (χ3v) is 6.69. The first-order chi connectivity index (χ1) is 17.1. The van der Waals surface area contributed by atoms with Crippen LogP contribution in [-0.2, 0) is 21.5 Å². The summed E-state index contributed by atoms with van der Waals surface area (Å²) in [6.45, 7) is 1.18. The largest absolute Gasteiger partial charge is 0.420 e. The molecule has 0 saturated carbocycles. The third kappa shape index (κ3) is 4.57. The Balaban J connectivity index is 1.32. The Morgan fingerprint density at radius 2 is 2.06 bits per heavy atom. The summed E-state index contributed by atoms with van der Waals surface area (Å²) in [5.41, 5.74) is -0.951. The van der Waals surface area contributed by atoms with E-state index in [9.17, 15) is 20.0 Å². The smallest absolute Gasteiger partial charge is 0.408 e. The van der Waals surface area contributed by atoms with Gasteiger partial charge >= 0.3 is 5.76 Å². The lowest BCUT2D eigenvalue weighted by molar-refractivity contribution is -0.123. The number of nitriles is 1. The van der Waals surface area contributed by atoms with Crippen LogP contribution in [0.2, 0.25) is 0 Å². The Morgan fingerprint density at radius 1 is 1.31 bits per heavy atom. The van der Waals surface area contributed by atoms with E-state index in [1.807, 2.05) is 6.07 Å². The summed E-state index contributed by atoms with van der Waals surface area (Å²) in [6, 6.07) is 9.93. The lowest BCUT2D eigenvalue weighted by Gasteiger charge is -2.19. The molecule has 1 aromatic heterocycles. The second kappa shape index (κ2) is 9.24. The predicted molar refractivity (Wildman–Crippen MR) is 128 cm³/mol. The Hall–Kier alpha value is -3.39. The lowest BCUT2D eigenvalue weighted by Crippen LogP contribution is -2.47. The molecule has 2 aliphatic rings. The number of hydrogen-bond donors (Lipinski definition) is 3. The van der Waals surface area contributed by atoms with Crippen molar-refractivity contribution in [1.82, 2.24) is 15.2 Å². The van der Waals surface area contributed by atoms with Gasteiger partial charge in [0, 0.05) is 18.4 Å². The number of oxazole rings is 1. The van der Waals surface area contributed by atoms with Gasteiger partial charge in [-0.05, 0) is 41.3 Å². The minimum absolute atomic E-state index is 0.00920. The molecule has 9 nitrogen and oxygen atoms in total. The molecular formula is C24H21B2FN4O5. The monoisotopic (exact) mass is 486 g/mol. The summed E-state index contributed by atoms with van der Waals surface area (Å²) in [4.78, 5) is 24.7. The summed E-state index contributed by atoms with van der Waals surface area (Å²) >= 11 is 0. The second-order valence-electron chi connectivity index (χ2n) is 9.23. The molecule has 2 aromatic carbocycles. The molecule has 0 bridgehead atoms. The number of halogens is 1. The first-order valence-electron chi connectivity index (χ1n) is 11.4. The van der Waals surface area contributed by atoms with Crippen molar-refractivity contribution in [2.45, 2.75) is 36.5 Å². The Labute approximate surface area is 208 Å². The number of amides is 1. The van der Waals surface area contributed by atoms with Gasteiger partial charge in [-0.1, -0.05) is 18.2 Å². The highest BCUT2D eigenvalue weighted by Crippen LogP contribution is 2.28. The fourth-order valence-electron chi connectivity index (χ4n) is 4.88. The molecule has 4 atom stereocenters. The molecule has 12 heteroatoms. The summed E-state index contributed by atoms with van der Waals surface area (Å²) in [6.07, 6.45) is 0.628. The van der Waals surface area contributed by atoms with E-state index in [2.05, 4.69) is 10.6 Å². The average Bonchev–Trinajstić information content (AvgIpc) is 3.51. The van der Waals surface area contributed by atoms with Crippen molar-refractivity contribution < 1.29 is 23.4 Å². The number of ether oxygens (including phenoxy) is 1. The van der Waals surface area contributed by atoms with E-state index in [1.54, 1.807) is 12.1 Å². The highest BCUT2D eigenvalue weighted by Gasteiger charge is 2.41. The van der Waals surface area contributed by atoms with Crippen molar-refractivity contribution >= 4 is 32.7 Å². The van der Waals surface area contributed by atoms with E-state index in [-0.39, 0.29) is 41.0 Å². The maximum atomic E-state index is 15.0. The molecule has 2 aliphatic heterocycles. The number of hydrogen-bond acceptors (Lipinski definition) is 7. The van der Waals surface area contributed by atoms with Crippen LogP contribution in [0.3, 0.4) is 0 Å². The van der Waals surface area contributed by atoms with Gasteiger partial charge in [0.15, 0.2) is 5.58 Å². The molecular weight excluding hydrogens is 465 g/mol. The van der Waals surface area contributed by atoms with Crippen LogP contribution in [0.5, 0.6) is 0 Å². The highest BCUT2D eigenvalue weighted by molar-refractivity contribution is 6.36. The van der Waals surface area contributed by atoms with Crippen LogP contribution >= 0.6 is 0 Å². The SMILES string of the molecule is [B]C([B])(O)n1c(=O)oc2ccc(-c3ccc(CC(C#N)NC(=O)C4CC5COCC5N4)c(F)c3)cc21. The van der Waals surface area contributed by atoms with Crippen LogP contribution in [0.15, 0.2) is 45.6 Å². The number of benzene rings is 2. The number of nitrogens with one attached hydrogen (secondary N) is 2. The van der Waals surface area contributed by atoms with Crippen LogP contribution in [0, 0.1) is 23.1 Å². The molecule has 0 aliphatic carbocycles. The topological polar surface area (TPSA) is 130 Å². The molecule has 4 radical (unpaired) electrons. The molecule has 3 aromatic rings. The molecule has 1 amide bonds.